The molecule has 1 aromatic rings. The Kier molecular flexibility index (Phi) is 5.23. The van der Waals surface area contributed by atoms with Crippen molar-refractivity contribution in [2.75, 3.05) is 6.54 Å². The fraction of sp³-hybridized carbons (Fsp3) is 0.417. The van der Waals surface area contributed by atoms with Crippen molar-refractivity contribution >= 4 is 11.8 Å². The highest BCUT2D eigenvalue weighted by molar-refractivity contribution is 5.97. The van der Waals surface area contributed by atoms with Gasteiger partial charge < -0.3 is 10.6 Å². The van der Waals surface area contributed by atoms with E-state index >= 15 is 0 Å². The van der Waals surface area contributed by atoms with Gasteiger partial charge in [0, 0.05) is 24.4 Å². The van der Waals surface area contributed by atoms with Crippen molar-refractivity contribution in [1.82, 2.24) is 15.6 Å². The van der Waals surface area contributed by atoms with Gasteiger partial charge in [-0.1, -0.05) is 6.92 Å². The second-order valence-corrected chi connectivity index (χ2v) is 3.85. The Morgan fingerprint density at radius 1 is 1.50 bits per heavy atom. The molecule has 18 heavy (non-hydrogen) atoms. The van der Waals surface area contributed by atoms with Crippen molar-refractivity contribution in [1.29, 1.82) is 0 Å². The summed E-state index contributed by atoms with van der Waals surface area (Å²) in [4.78, 5) is 26.6. The summed E-state index contributed by atoms with van der Waals surface area (Å²) < 4.78 is 12.8. The first-order valence-electron chi connectivity index (χ1n) is 5.74. The highest BCUT2D eigenvalue weighted by atomic mass is 19.1. The molecule has 2 N–H and O–H groups in total. The molecule has 1 unspecified atom stereocenters. The van der Waals surface area contributed by atoms with E-state index in [1.165, 1.54) is 12.3 Å². The monoisotopic (exact) mass is 253 g/mol. The van der Waals surface area contributed by atoms with Crippen LogP contribution in [0.5, 0.6) is 0 Å². The molecular formula is C12H16FN3O2. The van der Waals surface area contributed by atoms with Gasteiger partial charge in [0.2, 0.25) is 11.9 Å². The third kappa shape index (κ3) is 4.12. The van der Waals surface area contributed by atoms with Crippen LogP contribution in [0.1, 0.15) is 30.6 Å². The average molecular weight is 253 g/mol. The van der Waals surface area contributed by atoms with E-state index in [1.807, 2.05) is 6.92 Å². The van der Waals surface area contributed by atoms with Gasteiger partial charge in [0.15, 0.2) is 0 Å². The van der Waals surface area contributed by atoms with E-state index in [0.29, 0.717) is 6.54 Å². The molecule has 1 heterocycles. The van der Waals surface area contributed by atoms with E-state index in [2.05, 4.69) is 15.6 Å². The fourth-order valence-corrected chi connectivity index (χ4v) is 1.29. The van der Waals surface area contributed by atoms with Crippen molar-refractivity contribution in [3.8, 4) is 0 Å². The smallest absolute Gasteiger partial charge is 0.252 e. The van der Waals surface area contributed by atoms with Gasteiger partial charge in [-0.3, -0.25) is 9.59 Å². The van der Waals surface area contributed by atoms with Crippen LogP contribution >= 0.6 is 0 Å². The van der Waals surface area contributed by atoms with Crippen molar-refractivity contribution < 1.29 is 14.0 Å². The normalized spacial score (nSPS) is 11.7. The average Bonchev–Trinajstić information content (AvgIpc) is 2.35. The highest BCUT2D eigenvalue weighted by Gasteiger charge is 2.16. The van der Waals surface area contributed by atoms with Gasteiger partial charge >= 0.3 is 0 Å². The second kappa shape index (κ2) is 6.68. The molecule has 0 aliphatic heterocycles. The predicted octanol–water partition coefficient (Wildman–Crippen LogP) is 0.865. The number of nitrogens with one attached hydrogen (secondary N) is 2. The van der Waals surface area contributed by atoms with Crippen molar-refractivity contribution in [3.05, 3.63) is 29.8 Å². The summed E-state index contributed by atoms with van der Waals surface area (Å²) in [5, 5.41) is 5.15. The Morgan fingerprint density at radius 3 is 2.83 bits per heavy atom. The highest BCUT2D eigenvalue weighted by Crippen LogP contribution is 2.00. The Bertz CT molecular complexity index is 437. The van der Waals surface area contributed by atoms with Crippen LogP contribution < -0.4 is 10.6 Å². The van der Waals surface area contributed by atoms with Gasteiger partial charge in [-0.2, -0.15) is 4.39 Å². The summed E-state index contributed by atoms with van der Waals surface area (Å²) in [6, 6.07) is 1.74. The molecule has 0 saturated carbocycles. The number of nitrogens with zero attached hydrogens (tertiary/aromatic N) is 1. The fourth-order valence-electron chi connectivity index (χ4n) is 1.29. The molecule has 1 atom stereocenters. The lowest BCUT2D eigenvalue weighted by atomic mass is 10.2. The molecule has 0 bridgehead atoms. The zero-order chi connectivity index (χ0) is 13.5. The van der Waals surface area contributed by atoms with Crippen molar-refractivity contribution in [2.24, 2.45) is 0 Å². The number of halogens is 1. The quantitative estimate of drug-likeness (QED) is 0.765. The van der Waals surface area contributed by atoms with E-state index in [1.54, 1.807) is 6.92 Å². The summed E-state index contributed by atoms with van der Waals surface area (Å²) in [6.07, 6.45) is 2.02. The number of aromatic nitrogens is 1. The molecule has 2 amide bonds. The summed E-state index contributed by atoms with van der Waals surface area (Å²) in [6.45, 7) is 4.06. The standard InChI is InChI=1S/C12H16FN3O2/c1-3-5-15-11(17)8(2)16-12(18)9-4-6-14-10(13)7-9/h4,6-8H,3,5H2,1-2H3,(H,15,17)(H,16,18). The molecule has 6 heteroatoms. The maximum atomic E-state index is 12.8. The lowest BCUT2D eigenvalue weighted by Crippen LogP contribution is -2.45. The molecular weight excluding hydrogens is 237 g/mol. The summed E-state index contributed by atoms with van der Waals surface area (Å²) in [7, 11) is 0. The lowest BCUT2D eigenvalue weighted by Gasteiger charge is -2.13. The summed E-state index contributed by atoms with van der Waals surface area (Å²) in [5.41, 5.74) is 0.137. The van der Waals surface area contributed by atoms with E-state index < -0.39 is 17.9 Å². The van der Waals surface area contributed by atoms with E-state index in [0.717, 1.165) is 12.5 Å². The Balaban J connectivity index is 2.56. The molecule has 0 saturated heterocycles. The molecule has 98 valence electrons. The van der Waals surface area contributed by atoms with Gasteiger partial charge in [-0.15, -0.1) is 0 Å². The molecule has 1 aromatic heterocycles. The summed E-state index contributed by atoms with van der Waals surface area (Å²) >= 11 is 0. The number of hydrogen-bond donors (Lipinski definition) is 2. The molecule has 0 radical (unpaired) electrons. The van der Waals surface area contributed by atoms with Gasteiger partial charge in [0.1, 0.15) is 6.04 Å². The van der Waals surface area contributed by atoms with Crippen LogP contribution in [0.25, 0.3) is 0 Å². The molecule has 0 aromatic carbocycles. The number of rotatable bonds is 5. The zero-order valence-electron chi connectivity index (χ0n) is 10.4. The van der Waals surface area contributed by atoms with E-state index in [4.69, 9.17) is 0 Å². The molecule has 0 aliphatic carbocycles. The predicted molar refractivity (Wildman–Crippen MR) is 64.4 cm³/mol. The molecule has 0 aliphatic rings. The maximum Gasteiger partial charge on any atom is 0.252 e. The largest absolute Gasteiger partial charge is 0.354 e. The Morgan fingerprint density at radius 2 is 2.22 bits per heavy atom. The van der Waals surface area contributed by atoms with Crippen LogP contribution in [0, 0.1) is 5.95 Å². The zero-order valence-corrected chi connectivity index (χ0v) is 10.4. The first-order chi connectivity index (χ1) is 8.54. The van der Waals surface area contributed by atoms with E-state index in [-0.39, 0.29) is 11.5 Å². The van der Waals surface area contributed by atoms with Crippen LogP contribution in [0.15, 0.2) is 18.3 Å². The minimum absolute atomic E-state index is 0.137. The topological polar surface area (TPSA) is 71.1 Å². The van der Waals surface area contributed by atoms with Crippen LogP contribution in [0.3, 0.4) is 0 Å². The minimum Gasteiger partial charge on any atom is -0.354 e. The summed E-state index contributed by atoms with van der Waals surface area (Å²) in [5.74, 6) is -1.50. The van der Waals surface area contributed by atoms with E-state index in [9.17, 15) is 14.0 Å². The van der Waals surface area contributed by atoms with Crippen molar-refractivity contribution in [2.45, 2.75) is 26.3 Å². The van der Waals surface area contributed by atoms with Gasteiger partial charge in [0.05, 0.1) is 0 Å². The maximum absolute atomic E-state index is 12.8. The van der Waals surface area contributed by atoms with Crippen LogP contribution in [-0.2, 0) is 4.79 Å². The van der Waals surface area contributed by atoms with Gasteiger partial charge in [-0.25, -0.2) is 4.98 Å². The SMILES string of the molecule is CCCNC(=O)C(C)NC(=O)c1ccnc(F)c1. The molecule has 0 spiro atoms. The van der Waals surface area contributed by atoms with Crippen LogP contribution in [0.2, 0.25) is 0 Å². The van der Waals surface area contributed by atoms with Gasteiger partial charge in [0.25, 0.3) is 5.91 Å². The van der Waals surface area contributed by atoms with Crippen LogP contribution in [0.4, 0.5) is 4.39 Å². The number of carbonyl (C=O) groups is 2. The number of carbonyl (C=O) groups excluding carboxylic acids is 2. The first kappa shape index (κ1) is 14.1. The number of amides is 2. The molecule has 5 nitrogen and oxygen atoms in total. The third-order valence-corrected chi connectivity index (χ3v) is 2.28. The Hall–Kier alpha value is -1.98. The number of pyridine rings is 1. The molecule has 0 fully saturated rings. The van der Waals surface area contributed by atoms with Crippen molar-refractivity contribution in [3.63, 3.8) is 0 Å². The van der Waals surface area contributed by atoms with Gasteiger partial charge in [-0.05, 0) is 19.4 Å². The lowest BCUT2D eigenvalue weighted by molar-refractivity contribution is -0.122. The molecule has 1 rings (SSSR count). The second-order valence-electron chi connectivity index (χ2n) is 3.85. The number of hydrogen-bond acceptors (Lipinski definition) is 3. The van der Waals surface area contributed by atoms with Crippen LogP contribution in [-0.4, -0.2) is 29.4 Å². The Labute approximate surface area is 105 Å². The third-order valence-electron chi connectivity index (χ3n) is 2.28. The minimum atomic E-state index is -0.731. The first-order valence-corrected chi connectivity index (χ1v) is 5.74.